The minimum atomic E-state index is -4.82. The van der Waals surface area contributed by atoms with Crippen LogP contribution in [0.1, 0.15) is 121 Å². The number of methoxy groups -OCH3 is 1. The molecule has 1 aliphatic heterocycles. The molecule has 59 heavy (non-hydrogen) atoms. The standard InChI is InChI=1S/C42H63N6O10P/c1-5-6-7-8-9-10-11-12-13-14-15-16-17-18-19-20-23-54-26-33(57-32-24-31(2)38(45-3)35(25-32)53-4)27-55-59(51,52)56-28-36-39(49)40(50)42(29-43,58-36)37-22-21-34-41(44)46-30-47-48(34)37/h21-22,24-25,30,33,36,39-40,49-50H,5-20,23,26-28H2,1-2,4H3,(H,51,52)(H2,44,46,47)/t33-,36-,39-,40-,42+/m1/s1. The van der Waals surface area contributed by atoms with Crippen LogP contribution in [0.15, 0.2) is 30.6 Å². The first-order valence-electron chi connectivity index (χ1n) is 21.0. The summed E-state index contributed by atoms with van der Waals surface area (Å²) in [5.74, 6) is 0.775. The van der Waals surface area contributed by atoms with Crippen molar-refractivity contribution in [3.8, 4) is 17.6 Å². The van der Waals surface area contributed by atoms with Gasteiger partial charge >= 0.3 is 7.82 Å². The van der Waals surface area contributed by atoms with Crippen LogP contribution in [0.25, 0.3) is 10.4 Å². The summed E-state index contributed by atoms with van der Waals surface area (Å²) in [7, 11) is -3.37. The van der Waals surface area contributed by atoms with Gasteiger partial charge in [-0.15, -0.1) is 0 Å². The normalized spacial score (nSPS) is 20.6. The first kappa shape index (κ1) is 47.8. The second kappa shape index (κ2) is 24.4. The summed E-state index contributed by atoms with van der Waals surface area (Å²) in [6.07, 6.45) is 15.6. The summed E-state index contributed by atoms with van der Waals surface area (Å²) < 4.78 is 48.2. The van der Waals surface area contributed by atoms with Crippen molar-refractivity contribution in [3.05, 3.63) is 53.3 Å². The third-order valence-corrected chi connectivity index (χ3v) is 11.6. The fraction of sp³-hybridized carbons (Fsp3) is 0.667. The molecular weight excluding hydrogens is 779 g/mol. The van der Waals surface area contributed by atoms with Gasteiger partial charge in [0.1, 0.15) is 53.8 Å². The van der Waals surface area contributed by atoms with Gasteiger partial charge in [-0.2, -0.15) is 10.4 Å². The van der Waals surface area contributed by atoms with E-state index in [-0.39, 0.29) is 18.1 Å². The van der Waals surface area contributed by atoms with E-state index < -0.39 is 51.1 Å². The molecule has 17 heteroatoms. The van der Waals surface area contributed by atoms with Crippen molar-refractivity contribution >= 4 is 24.8 Å². The van der Waals surface area contributed by atoms with Crippen LogP contribution in [0.2, 0.25) is 0 Å². The van der Waals surface area contributed by atoms with Crippen LogP contribution >= 0.6 is 7.82 Å². The molecule has 0 bridgehead atoms. The average Bonchev–Trinajstić information content (AvgIpc) is 3.77. The molecule has 0 radical (unpaired) electrons. The van der Waals surface area contributed by atoms with Crippen molar-refractivity contribution in [3.63, 3.8) is 0 Å². The molecular formula is C42H63N6O10P. The number of aryl methyl sites for hydroxylation is 1. The number of phosphoric acid groups is 1. The van der Waals surface area contributed by atoms with Gasteiger partial charge in [-0.3, -0.25) is 9.05 Å². The Morgan fingerprint density at radius 3 is 2.22 bits per heavy atom. The van der Waals surface area contributed by atoms with Gasteiger partial charge in [0.05, 0.1) is 39.2 Å². The lowest BCUT2D eigenvalue weighted by molar-refractivity contribution is -0.0651. The van der Waals surface area contributed by atoms with Gasteiger partial charge in [-0.1, -0.05) is 103 Å². The van der Waals surface area contributed by atoms with E-state index in [9.17, 15) is 24.9 Å². The quantitative estimate of drug-likeness (QED) is 0.0297. The number of anilines is 1. The number of unbranched alkanes of at least 4 members (excludes halogenated alkanes) is 15. The summed E-state index contributed by atoms with van der Waals surface area (Å²) in [5.41, 5.74) is 5.17. The van der Waals surface area contributed by atoms with Crippen LogP contribution in [-0.4, -0.2) is 87.7 Å². The minimum Gasteiger partial charge on any atom is -0.508 e. The van der Waals surface area contributed by atoms with Gasteiger partial charge in [0.2, 0.25) is 11.3 Å². The summed E-state index contributed by atoms with van der Waals surface area (Å²) in [4.78, 5) is 18.1. The van der Waals surface area contributed by atoms with E-state index in [1.807, 2.05) is 6.07 Å². The second-order valence-electron chi connectivity index (χ2n) is 15.2. The molecule has 5 N–H and O–H groups in total. The highest BCUT2D eigenvalue weighted by Gasteiger charge is 2.58. The number of aliphatic hydroxyl groups is 2. The number of nitriles is 1. The molecule has 1 aromatic carbocycles. The topological polar surface area (TPSA) is 217 Å². The zero-order valence-electron chi connectivity index (χ0n) is 34.8. The Morgan fingerprint density at radius 1 is 1.00 bits per heavy atom. The van der Waals surface area contributed by atoms with Gasteiger partial charge < -0.3 is 39.8 Å². The van der Waals surface area contributed by atoms with E-state index >= 15 is 0 Å². The van der Waals surface area contributed by atoms with E-state index in [0.29, 0.717) is 34.9 Å². The molecule has 1 unspecified atom stereocenters. The SMILES string of the molecule is [C-]#[N+]c1c(C)cc(O[C@H](COCCCCCCCCCCCCCCCCCC)COP(=O)(O)OC[C@H]2O[C@@](C#N)(c3ccc4c(N)ncnn34)[C@H](O)[C@@H]2O)cc1OC. The number of nitrogens with two attached hydrogens (primary N) is 1. The molecule has 0 aliphatic carbocycles. The Kier molecular flexibility index (Phi) is 19.8. The maximum Gasteiger partial charge on any atom is 0.472 e. The molecule has 3 heterocycles. The highest BCUT2D eigenvalue weighted by Crippen LogP contribution is 2.46. The van der Waals surface area contributed by atoms with Crippen molar-refractivity contribution in [2.24, 2.45) is 0 Å². The molecule has 1 aliphatic rings. The molecule has 326 valence electrons. The van der Waals surface area contributed by atoms with Crippen LogP contribution in [0.3, 0.4) is 0 Å². The maximum atomic E-state index is 13.1. The van der Waals surface area contributed by atoms with Crippen LogP contribution in [0.4, 0.5) is 11.5 Å². The molecule has 0 spiro atoms. The van der Waals surface area contributed by atoms with Crippen molar-refractivity contribution in [1.82, 2.24) is 14.6 Å². The van der Waals surface area contributed by atoms with Gasteiger partial charge in [-0.25, -0.2) is 18.9 Å². The molecule has 0 amide bonds. The van der Waals surface area contributed by atoms with Crippen molar-refractivity contribution in [1.29, 1.82) is 5.26 Å². The van der Waals surface area contributed by atoms with Gasteiger partial charge in [0, 0.05) is 12.7 Å². The number of hydrogen-bond donors (Lipinski definition) is 4. The minimum absolute atomic E-state index is 0.0192. The van der Waals surface area contributed by atoms with E-state index in [1.54, 1.807) is 19.1 Å². The summed E-state index contributed by atoms with van der Waals surface area (Å²) in [6, 6.07) is 8.11. The fourth-order valence-corrected chi connectivity index (χ4v) is 8.05. The predicted octanol–water partition coefficient (Wildman–Crippen LogP) is 7.88. The number of aromatic nitrogens is 3. The van der Waals surface area contributed by atoms with Crippen LogP contribution in [0, 0.1) is 24.8 Å². The summed E-state index contributed by atoms with van der Waals surface area (Å²) >= 11 is 0. The second-order valence-corrected chi connectivity index (χ2v) is 16.6. The molecule has 1 saturated heterocycles. The Hall–Kier alpha value is -3.83. The molecule has 1 fully saturated rings. The zero-order valence-corrected chi connectivity index (χ0v) is 35.7. The number of nitrogen functional groups attached to an aromatic ring is 1. The van der Waals surface area contributed by atoms with Gasteiger partial charge in [-0.05, 0) is 37.1 Å². The Balaban J connectivity index is 1.24. The third kappa shape index (κ3) is 13.9. The fourth-order valence-electron chi connectivity index (χ4n) is 7.29. The highest BCUT2D eigenvalue weighted by molar-refractivity contribution is 7.47. The molecule has 4 rings (SSSR count). The first-order chi connectivity index (χ1) is 28.5. The average molecular weight is 843 g/mol. The van der Waals surface area contributed by atoms with Crippen molar-refractivity contribution in [2.45, 2.75) is 147 Å². The molecule has 0 saturated carbocycles. The van der Waals surface area contributed by atoms with Crippen molar-refractivity contribution < 1.29 is 47.7 Å². The maximum absolute atomic E-state index is 13.1. The largest absolute Gasteiger partial charge is 0.508 e. The number of aliphatic hydroxyl groups excluding tert-OH is 2. The van der Waals surface area contributed by atoms with Crippen LogP contribution in [-0.2, 0) is 28.7 Å². The number of rotatable bonds is 29. The highest BCUT2D eigenvalue weighted by atomic mass is 31.2. The number of nitrogens with zero attached hydrogens (tertiary/aromatic N) is 5. The van der Waals surface area contributed by atoms with Crippen LogP contribution < -0.4 is 15.2 Å². The Labute approximate surface area is 348 Å². The van der Waals surface area contributed by atoms with Crippen molar-refractivity contribution in [2.75, 3.05) is 39.3 Å². The zero-order chi connectivity index (χ0) is 42.7. The number of benzene rings is 1. The number of fused-ring (bicyclic) bond motifs is 1. The first-order valence-corrected chi connectivity index (χ1v) is 22.5. The lowest BCUT2D eigenvalue weighted by Gasteiger charge is -2.24. The molecule has 16 nitrogen and oxygen atoms in total. The summed E-state index contributed by atoms with van der Waals surface area (Å²) in [5, 5.41) is 36.1. The van der Waals surface area contributed by atoms with Crippen LogP contribution in [0.5, 0.6) is 11.5 Å². The third-order valence-electron chi connectivity index (χ3n) is 10.6. The lowest BCUT2D eigenvalue weighted by Crippen LogP contribution is -2.41. The number of phosphoric ester groups is 1. The van der Waals surface area contributed by atoms with E-state index in [0.717, 1.165) is 19.3 Å². The van der Waals surface area contributed by atoms with E-state index in [1.165, 1.54) is 114 Å². The number of hydrogen-bond acceptors (Lipinski definition) is 13. The lowest BCUT2D eigenvalue weighted by atomic mass is 9.92. The smallest absolute Gasteiger partial charge is 0.472 e. The van der Waals surface area contributed by atoms with Gasteiger partial charge in [0.15, 0.2) is 5.82 Å². The Morgan fingerprint density at radius 2 is 1.63 bits per heavy atom. The molecule has 6 atom stereocenters. The van der Waals surface area contributed by atoms with Gasteiger partial charge in [0.25, 0.3) is 0 Å². The van der Waals surface area contributed by atoms with E-state index in [2.05, 4.69) is 21.9 Å². The van der Waals surface area contributed by atoms with E-state index in [4.69, 9.17) is 40.3 Å². The number of ether oxygens (including phenoxy) is 4. The Bertz CT molecular complexity index is 1870. The predicted molar refractivity (Wildman–Crippen MR) is 222 cm³/mol. The molecule has 3 aromatic rings. The molecule has 2 aromatic heterocycles. The monoisotopic (exact) mass is 842 g/mol. The summed E-state index contributed by atoms with van der Waals surface area (Å²) in [6.45, 7) is 10.8.